The molecular formula is C19H16Cl3NO. The minimum atomic E-state index is 0.0784. The molecule has 0 saturated heterocycles. The monoisotopic (exact) mass is 379 g/mol. The van der Waals surface area contributed by atoms with Gasteiger partial charge in [-0.3, -0.25) is 0 Å². The van der Waals surface area contributed by atoms with E-state index in [0.717, 1.165) is 34.0 Å². The fourth-order valence-electron chi connectivity index (χ4n) is 3.87. The number of hydrogen-bond donors (Lipinski definition) is 1. The summed E-state index contributed by atoms with van der Waals surface area (Å²) in [6, 6.07) is 9.55. The van der Waals surface area contributed by atoms with Crippen LogP contribution in [0.2, 0.25) is 15.1 Å². The summed E-state index contributed by atoms with van der Waals surface area (Å²) >= 11 is 19.1. The molecule has 1 heterocycles. The molecule has 0 bridgehead atoms. The smallest absolute Gasteiger partial charge is 0.142 e. The van der Waals surface area contributed by atoms with Crippen LogP contribution in [-0.4, -0.2) is 7.11 Å². The van der Waals surface area contributed by atoms with Crippen molar-refractivity contribution < 1.29 is 4.74 Å². The van der Waals surface area contributed by atoms with Gasteiger partial charge in [0, 0.05) is 26.5 Å². The van der Waals surface area contributed by atoms with Crippen LogP contribution in [0.3, 0.4) is 0 Å². The molecule has 1 N–H and O–H groups in total. The van der Waals surface area contributed by atoms with E-state index in [0.29, 0.717) is 16.0 Å². The van der Waals surface area contributed by atoms with Crippen LogP contribution < -0.4 is 10.1 Å². The highest BCUT2D eigenvalue weighted by atomic mass is 35.5. The molecule has 2 aliphatic rings. The molecular weight excluding hydrogens is 365 g/mol. The average Bonchev–Trinajstić information content (AvgIpc) is 3.04. The van der Waals surface area contributed by atoms with Crippen molar-refractivity contribution in [2.45, 2.75) is 18.4 Å². The Morgan fingerprint density at radius 1 is 1.08 bits per heavy atom. The number of nitrogens with one attached hydrogen (secondary N) is 1. The van der Waals surface area contributed by atoms with Gasteiger partial charge in [0.1, 0.15) is 5.75 Å². The van der Waals surface area contributed by atoms with Crippen molar-refractivity contribution in [3.05, 3.63) is 68.7 Å². The van der Waals surface area contributed by atoms with Gasteiger partial charge in [0.25, 0.3) is 0 Å². The average molecular weight is 381 g/mol. The number of fused-ring (bicyclic) bond motifs is 3. The van der Waals surface area contributed by atoms with Crippen LogP contribution in [0.15, 0.2) is 42.5 Å². The lowest BCUT2D eigenvalue weighted by Gasteiger charge is -2.38. The second-order valence-corrected chi connectivity index (χ2v) is 7.43. The van der Waals surface area contributed by atoms with Crippen molar-refractivity contribution >= 4 is 40.5 Å². The lowest BCUT2D eigenvalue weighted by atomic mass is 9.77. The van der Waals surface area contributed by atoms with Crippen LogP contribution in [0, 0.1) is 5.92 Å². The van der Waals surface area contributed by atoms with Gasteiger partial charge < -0.3 is 10.1 Å². The number of methoxy groups -OCH3 is 1. The Bertz CT molecular complexity index is 834. The van der Waals surface area contributed by atoms with Crippen molar-refractivity contribution in [2.75, 3.05) is 12.4 Å². The summed E-state index contributed by atoms with van der Waals surface area (Å²) in [5, 5.41) is 5.71. The highest BCUT2D eigenvalue weighted by Gasteiger charge is 2.40. The maximum atomic E-state index is 6.51. The van der Waals surface area contributed by atoms with E-state index in [2.05, 4.69) is 17.5 Å². The minimum absolute atomic E-state index is 0.0784. The zero-order chi connectivity index (χ0) is 16.8. The summed E-state index contributed by atoms with van der Waals surface area (Å²) in [5.74, 6) is 1.41. The van der Waals surface area contributed by atoms with E-state index in [1.54, 1.807) is 13.2 Å². The first kappa shape index (κ1) is 16.1. The highest BCUT2D eigenvalue weighted by Crippen LogP contribution is 2.54. The lowest BCUT2D eigenvalue weighted by molar-refractivity contribution is 0.397. The topological polar surface area (TPSA) is 21.3 Å². The number of benzene rings is 2. The largest absolute Gasteiger partial charge is 0.495 e. The number of rotatable bonds is 2. The van der Waals surface area contributed by atoms with Crippen LogP contribution in [-0.2, 0) is 0 Å². The van der Waals surface area contributed by atoms with Crippen molar-refractivity contribution in [3.63, 3.8) is 0 Å². The van der Waals surface area contributed by atoms with Gasteiger partial charge in [-0.25, -0.2) is 0 Å². The summed E-state index contributed by atoms with van der Waals surface area (Å²) in [7, 11) is 1.67. The van der Waals surface area contributed by atoms with E-state index in [-0.39, 0.29) is 12.0 Å². The molecule has 0 aromatic heterocycles. The normalized spacial score (nSPS) is 24.2. The molecule has 124 valence electrons. The SMILES string of the molecule is COc1ccc(Cl)c2c1N[C@H](c1ccc(Cl)cc1Cl)[C@H]1CC=C[C@@H]21. The second kappa shape index (κ2) is 6.18. The van der Waals surface area contributed by atoms with Crippen LogP contribution >= 0.6 is 34.8 Å². The Kier molecular flexibility index (Phi) is 4.16. The number of anilines is 1. The Morgan fingerprint density at radius 2 is 1.92 bits per heavy atom. The Labute approximate surface area is 156 Å². The molecule has 4 rings (SSSR count). The zero-order valence-corrected chi connectivity index (χ0v) is 15.3. The van der Waals surface area contributed by atoms with Gasteiger partial charge in [0.05, 0.1) is 18.8 Å². The molecule has 24 heavy (non-hydrogen) atoms. The third kappa shape index (κ3) is 2.48. The van der Waals surface area contributed by atoms with E-state index >= 15 is 0 Å². The molecule has 1 aliphatic carbocycles. The van der Waals surface area contributed by atoms with E-state index < -0.39 is 0 Å². The molecule has 0 amide bonds. The highest BCUT2D eigenvalue weighted by molar-refractivity contribution is 6.35. The van der Waals surface area contributed by atoms with Gasteiger partial charge in [0.2, 0.25) is 0 Å². The number of halogens is 3. The van der Waals surface area contributed by atoms with Crippen LogP contribution in [0.4, 0.5) is 5.69 Å². The summed E-state index contributed by atoms with van der Waals surface area (Å²) in [4.78, 5) is 0. The van der Waals surface area contributed by atoms with Gasteiger partial charge in [0.15, 0.2) is 0 Å². The predicted octanol–water partition coefficient (Wildman–Crippen LogP) is 6.48. The fourth-order valence-corrected chi connectivity index (χ4v) is 4.68. The van der Waals surface area contributed by atoms with E-state index in [1.165, 1.54) is 0 Å². The van der Waals surface area contributed by atoms with Crippen molar-refractivity contribution in [3.8, 4) is 5.75 Å². The van der Waals surface area contributed by atoms with Gasteiger partial charge in [-0.2, -0.15) is 0 Å². The maximum Gasteiger partial charge on any atom is 0.142 e. The second-order valence-electron chi connectivity index (χ2n) is 6.18. The molecule has 0 spiro atoms. The number of ether oxygens (including phenoxy) is 1. The van der Waals surface area contributed by atoms with Gasteiger partial charge in [-0.05, 0) is 42.2 Å². The van der Waals surface area contributed by atoms with Crippen LogP contribution in [0.1, 0.15) is 29.5 Å². The Balaban J connectivity index is 1.87. The minimum Gasteiger partial charge on any atom is -0.495 e. The summed E-state index contributed by atoms with van der Waals surface area (Å²) in [6.07, 6.45) is 5.44. The third-order valence-electron chi connectivity index (χ3n) is 4.95. The van der Waals surface area contributed by atoms with E-state index in [9.17, 15) is 0 Å². The van der Waals surface area contributed by atoms with Gasteiger partial charge in [-0.15, -0.1) is 0 Å². The lowest BCUT2D eigenvalue weighted by Crippen LogP contribution is -2.29. The molecule has 3 atom stereocenters. The summed E-state index contributed by atoms with van der Waals surface area (Å²) in [6.45, 7) is 0. The zero-order valence-electron chi connectivity index (χ0n) is 13.0. The fraction of sp³-hybridized carbons (Fsp3) is 0.263. The van der Waals surface area contributed by atoms with E-state index in [1.807, 2.05) is 24.3 Å². The molecule has 0 radical (unpaired) electrons. The summed E-state index contributed by atoms with van der Waals surface area (Å²) in [5.41, 5.74) is 3.11. The molecule has 2 aromatic carbocycles. The molecule has 0 fully saturated rings. The predicted molar refractivity (Wildman–Crippen MR) is 101 cm³/mol. The number of hydrogen-bond acceptors (Lipinski definition) is 2. The third-order valence-corrected chi connectivity index (χ3v) is 5.84. The first-order valence-corrected chi connectivity index (χ1v) is 8.98. The van der Waals surface area contributed by atoms with Crippen LogP contribution in [0.25, 0.3) is 0 Å². The molecule has 0 unspecified atom stereocenters. The van der Waals surface area contributed by atoms with Gasteiger partial charge in [-0.1, -0.05) is 53.0 Å². The van der Waals surface area contributed by atoms with Crippen LogP contribution in [0.5, 0.6) is 5.75 Å². The molecule has 1 aliphatic heterocycles. The Hall–Kier alpha value is -1.35. The number of allylic oxidation sites excluding steroid dienone is 2. The molecule has 5 heteroatoms. The van der Waals surface area contributed by atoms with Gasteiger partial charge >= 0.3 is 0 Å². The summed E-state index contributed by atoms with van der Waals surface area (Å²) < 4.78 is 5.55. The van der Waals surface area contributed by atoms with Crippen molar-refractivity contribution in [1.29, 1.82) is 0 Å². The molecule has 2 nitrogen and oxygen atoms in total. The van der Waals surface area contributed by atoms with Crippen molar-refractivity contribution in [2.24, 2.45) is 5.92 Å². The quantitative estimate of drug-likeness (QED) is 0.602. The first-order chi connectivity index (χ1) is 11.6. The van der Waals surface area contributed by atoms with Crippen molar-refractivity contribution in [1.82, 2.24) is 0 Å². The Morgan fingerprint density at radius 3 is 2.67 bits per heavy atom. The molecule has 2 aromatic rings. The van der Waals surface area contributed by atoms with E-state index in [4.69, 9.17) is 39.5 Å². The molecule has 0 saturated carbocycles. The first-order valence-electron chi connectivity index (χ1n) is 7.84. The standard InChI is InChI=1S/C19H16Cl3NO/c1-24-16-8-7-14(21)17-11-3-2-4-12(11)18(23-19(16)17)13-6-5-10(20)9-15(13)22/h2-3,5-9,11-12,18,23H,4H2,1H3/t11-,12+,18+/m1/s1. The maximum absolute atomic E-state index is 6.51.